The number of hydrogen-bond acceptors (Lipinski definition) is 7. The second-order valence-electron chi connectivity index (χ2n) is 7.54. The zero-order valence-corrected chi connectivity index (χ0v) is 21.1. The summed E-state index contributed by atoms with van der Waals surface area (Å²) in [7, 11) is -0.759. The van der Waals surface area contributed by atoms with Crippen molar-refractivity contribution in [2.24, 2.45) is 0 Å². The summed E-state index contributed by atoms with van der Waals surface area (Å²) in [5.74, 6) is 0.942. The maximum absolute atomic E-state index is 13.0. The van der Waals surface area contributed by atoms with Crippen molar-refractivity contribution in [3.63, 3.8) is 0 Å². The van der Waals surface area contributed by atoms with Gasteiger partial charge in [-0.2, -0.15) is 0 Å². The third kappa shape index (κ3) is 7.83. The van der Waals surface area contributed by atoms with E-state index in [1.165, 1.54) is 50.6 Å². The molecule has 1 atom stereocenters. The molecule has 3 aromatic carbocycles. The summed E-state index contributed by atoms with van der Waals surface area (Å²) in [6.45, 7) is 1.00. The van der Waals surface area contributed by atoms with E-state index in [0.29, 0.717) is 36.8 Å². The lowest BCUT2D eigenvalue weighted by atomic mass is 10.1. The summed E-state index contributed by atoms with van der Waals surface area (Å²) >= 11 is 0. The van der Waals surface area contributed by atoms with E-state index >= 15 is 0 Å². The first-order valence-electron chi connectivity index (χ1n) is 10.7. The Kier molecular flexibility index (Phi) is 10.8. The number of nitrogens with one attached hydrogen (secondary N) is 1. The minimum absolute atomic E-state index is 0. The summed E-state index contributed by atoms with van der Waals surface area (Å²) in [4.78, 5) is 0.307. The largest absolute Gasteiger partial charge is 0.493 e. The number of hydrogen-bond donors (Lipinski definition) is 2. The normalized spacial score (nSPS) is 11.9. The van der Waals surface area contributed by atoms with Crippen molar-refractivity contribution in [2.45, 2.75) is 22.3 Å². The van der Waals surface area contributed by atoms with E-state index in [4.69, 9.17) is 14.2 Å². The fourth-order valence-electron chi connectivity index (χ4n) is 3.24. The Hall–Kier alpha value is -2.85. The van der Waals surface area contributed by atoms with Gasteiger partial charge in [-0.15, -0.1) is 12.4 Å². The summed E-state index contributed by atoms with van der Waals surface area (Å²) < 4.78 is 54.6. The number of halogens is 2. The van der Waals surface area contributed by atoms with Gasteiger partial charge >= 0.3 is 0 Å². The number of benzene rings is 3. The van der Waals surface area contributed by atoms with Crippen LogP contribution in [0.1, 0.15) is 5.56 Å². The molecule has 0 radical (unpaired) electrons. The van der Waals surface area contributed by atoms with Gasteiger partial charge in [0.15, 0.2) is 11.5 Å². The Morgan fingerprint density at radius 3 is 2.17 bits per heavy atom. The van der Waals surface area contributed by atoms with Crippen molar-refractivity contribution < 1.29 is 32.1 Å². The molecule has 0 saturated heterocycles. The highest BCUT2D eigenvalue weighted by atomic mass is 35.5. The zero-order valence-electron chi connectivity index (χ0n) is 19.4. The Bertz CT molecular complexity index is 1170. The van der Waals surface area contributed by atoms with Crippen molar-refractivity contribution in [2.75, 3.05) is 33.9 Å². The van der Waals surface area contributed by atoms with Crippen molar-refractivity contribution in [3.05, 3.63) is 78.1 Å². The van der Waals surface area contributed by atoms with Crippen LogP contribution >= 0.6 is 12.4 Å². The first-order valence-corrected chi connectivity index (χ1v) is 12.1. The molecule has 7 nitrogen and oxygen atoms in total. The van der Waals surface area contributed by atoms with Gasteiger partial charge in [0, 0.05) is 12.6 Å². The maximum Gasteiger partial charge on any atom is 0.206 e. The lowest BCUT2D eigenvalue weighted by Gasteiger charge is -2.13. The van der Waals surface area contributed by atoms with E-state index < -0.39 is 15.9 Å². The molecule has 10 heteroatoms. The standard InChI is InChI=1S/C25H28FNO6S.ClH/c1-31-24-12-11-23(15-25(24)32-2)34(29,30)22-9-3-18(4-10-22)13-14-27-16-20(28)17-33-21-7-5-19(26)6-8-21;/h3-12,15,20,27-28H,13-14,16-17H2,1-2H3;1H/t20-;/m0./s1. The summed E-state index contributed by atoms with van der Waals surface area (Å²) in [5.41, 5.74) is 0.954. The molecule has 190 valence electrons. The molecule has 0 aliphatic carbocycles. The molecule has 0 aliphatic heterocycles. The Balaban J connectivity index is 0.00000432. The third-order valence-electron chi connectivity index (χ3n) is 5.13. The van der Waals surface area contributed by atoms with Crippen molar-refractivity contribution >= 4 is 22.2 Å². The highest BCUT2D eigenvalue weighted by Crippen LogP contribution is 2.31. The number of ether oxygens (including phenoxy) is 3. The van der Waals surface area contributed by atoms with Crippen LogP contribution < -0.4 is 19.5 Å². The summed E-state index contributed by atoms with van der Waals surface area (Å²) in [6.07, 6.45) is -0.0681. The molecule has 35 heavy (non-hydrogen) atoms. The van der Waals surface area contributed by atoms with Gasteiger partial charge < -0.3 is 24.6 Å². The number of aliphatic hydroxyl groups is 1. The van der Waals surface area contributed by atoms with Gasteiger partial charge in [0.1, 0.15) is 24.3 Å². The highest BCUT2D eigenvalue weighted by Gasteiger charge is 2.20. The first kappa shape index (κ1) is 28.4. The van der Waals surface area contributed by atoms with Crippen LogP contribution in [-0.4, -0.2) is 53.5 Å². The van der Waals surface area contributed by atoms with Gasteiger partial charge in [-0.05, 0) is 67.1 Å². The highest BCUT2D eigenvalue weighted by molar-refractivity contribution is 7.91. The van der Waals surface area contributed by atoms with Crippen LogP contribution in [0.3, 0.4) is 0 Å². The topological polar surface area (TPSA) is 94.1 Å². The van der Waals surface area contributed by atoms with Gasteiger partial charge in [-0.1, -0.05) is 12.1 Å². The lowest BCUT2D eigenvalue weighted by molar-refractivity contribution is 0.106. The SMILES string of the molecule is COc1ccc(S(=O)(=O)c2ccc(CCNC[C@H](O)COc3ccc(F)cc3)cc2)cc1OC.Cl. The zero-order chi connectivity index (χ0) is 24.6. The van der Waals surface area contributed by atoms with Crippen LogP contribution in [0.15, 0.2) is 76.5 Å². The van der Waals surface area contributed by atoms with E-state index in [9.17, 15) is 17.9 Å². The van der Waals surface area contributed by atoms with Crippen LogP contribution in [-0.2, 0) is 16.3 Å². The molecule has 0 unspecified atom stereocenters. The quantitative estimate of drug-likeness (QED) is 0.348. The molecule has 0 spiro atoms. The Morgan fingerprint density at radius 2 is 1.54 bits per heavy atom. The fraction of sp³-hybridized carbons (Fsp3) is 0.280. The van der Waals surface area contributed by atoms with Crippen LogP contribution in [0.2, 0.25) is 0 Å². The minimum Gasteiger partial charge on any atom is -0.493 e. The number of aliphatic hydroxyl groups excluding tert-OH is 1. The van der Waals surface area contributed by atoms with E-state index in [0.717, 1.165) is 5.56 Å². The monoisotopic (exact) mass is 525 g/mol. The van der Waals surface area contributed by atoms with Gasteiger partial charge in [-0.3, -0.25) is 0 Å². The molecule has 0 aliphatic rings. The average molecular weight is 526 g/mol. The van der Waals surface area contributed by atoms with E-state index in [-0.39, 0.29) is 34.6 Å². The molecule has 0 saturated carbocycles. The minimum atomic E-state index is -3.70. The number of sulfone groups is 1. The molecule has 3 rings (SSSR count). The van der Waals surface area contributed by atoms with Crippen molar-refractivity contribution in [3.8, 4) is 17.2 Å². The van der Waals surface area contributed by atoms with E-state index in [1.54, 1.807) is 30.3 Å². The summed E-state index contributed by atoms with van der Waals surface area (Å²) in [5, 5.41) is 13.2. The molecule has 2 N–H and O–H groups in total. The second kappa shape index (κ2) is 13.3. The second-order valence-corrected chi connectivity index (χ2v) is 9.49. The van der Waals surface area contributed by atoms with Crippen LogP contribution in [0.5, 0.6) is 17.2 Å². The summed E-state index contributed by atoms with van der Waals surface area (Å²) in [6, 6.07) is 16.8. The molecule has 0 amide bonds. The molecule has 0 heterocycles. The molecule has 3 aromatic rings. The van der Waals surface area contributed by atoms with Gasteiger partial charge in [0.25, 0.3) is 0 Å². The number of rotatable bonds is 12. The van der Waals surface area contributed by atoms with E-state index in [1.807, 2.05) is 0 Å². The van der Waals surface area contributed by atoms with Gasteiger partial charge in [0.2, 0.25) is 9.84 Å². The molecular formula is C25H29ClFNO6S. The first-order chi connectivity index (χ1) is 16.3. The van der Waals surface area contributed by atoms with Crippen LogP contribution in [0.4, 0.5) is 4.39 Å². The molecule has 0 aromatic heterocycles. The van der Waals surface area contributed by atoms with Crippen molar-refractivity contribution in [1.82, 2.24) is 5.32 Å². The Morgan fingerprint density at radius 1 is 0.914 bits per heavy atom. The predicted octanol–water partition coefficient (Wildman–Crippen LogP) is 3.67. The van der Waals surface area contributed by atoms with Gasteiger partial charge in [0.05, 0.1) is 24.0 Å². The molecular weight excluding hydrogens is 497 g/mol. The van der Waals surface area contributed by atoms with Crippen LogP contribution in [0.25, 0.3) is 0 Å². The molecule has 0 bridgehead atoms. The fourth-order valence-corrected chi connectivity index (χ4v) is 4.51. The smallest absolute Gasteiger partial charge is 0.206 e. The predicted molar refractivity (Wildman–Crippen MR) is 133 cm³/mol. The van der Waals surface area contributed by atoms with E-state index in [2.05, 4.69) is 5.32 Å². The van der Waals surface area contributed by atoms with Crippen LogP contribution in [0, 0.1) is 5.82 Å². The van der Waals surface area contributed by atoms with Crippen molar-refractivity contribution in [1.29, 1.82) is 0 Å². The third-order valence-corrected chi connectivity index (χ3v) is 6.89. The lowest BCUT2D eigenvalue weighted by Crippen LogP contribution is -2.32. The van der Waals surface area contributed by atoms with Gasteiger partial charge in [-0.25, -0.2) is 12.8 Å². The average Bonchev–Trinajstić information content (AvgIpc) is 2.86. The number of methoxy groups -OCH3 is 2. The maximum atomic E-state index is 13.0. The Labute approximate surface area is 211 Å². The molecule has 0 fully saturated rings.